The van der Waals surface area contributed by atoms with Crippen LogP contribution in [0, 0.1) is 13.8 Å². The van der Waals surface area contributed by atoms with E-state index in [1.165, 1.54) is 24.5 Å². The average molecular weight is 488 g/mol. The molecule has 0 unspecified atom stereocenters. The van der Waals surface area contributed by atoms with Gasteiger partial charge in [0.2, 0.25) is 15.8 Å². The highest BCUT2D eigenvalue weighted by molar-refractivity contribution is 7.89. The van der Waals surface area contributed by atoms with Crippen LogP contribution in [0.4, 0.5) is 5.13 Å². The molecule has 0 saturated carbocycles. The van der Waals surface area contributed by atoms with Crippen molar-refractivity contribution in [3.63, 3.8) is 0 Å². The van der Waals surface area contributed by atoms with E-state index in [0.29, 0.717) is 29.3 Å². The number of ketones is 1. The maximum Gasteiger partial charge on any atom is 0.240 e. The van der Waals surface area contributed by atoms with Gasteiger partial charge in [-0.15, -0.1) is 0 Å². The molecule has 0 radical (unpaired) electrons. The standard InChI is InChI=1S/C24H29N3O4S2/c1-17-10-5-6-13-21(17)22(28)23-18(2)27-24(32-23)25-14-7-4-8-15-26-33(29,30)20-12-9-11-19(16-20)31-3/h5-6,9-13,16,26H,4,7-8,14-15H2,1-3H3,(H,25,27). The van der Waals surface area contributed by atoms with Crippen molar-refractivity contribution in [1.82, 2.24) is 9.71 Å². The van der Waals surface area contributed by atoms with Crippen molar-refractivity contribution in [3.05, 3.63) is 70.2 Å². The Morgan fingerprint density at radius 1 is 1.03 bits per heavy atom. The molecule has 0 amide bonds. The molecule has 1 aromatic heterocycles. The predicted octanol–water partition coefficient (Wildman–Crippen LogP) is 4.56. The minimum atomic E-state index is -3.55. The number of hydrogen-bond donors (Lipinski definition) is 2. The van der Waals surface area contributed by atoms with Gasteiger partial charge in [-0.3, -0.25) is 4.79 Å². The number of nitrogens with one attached hydrogen (secondary N) is 2. The summed E-state index contributed by atoms with van der Waals surface area (Å²) in [6, 6.07) is 14.0. The van der Waals surface area contributed by atoms with Gasteiger partial charge >= 0.3 is 0 Å². The Morgan fingerprint density at radius 2 is 1.79 bits per heavy atom. The van der Waals surface area contributed by atoms with E-state index in [9.17, 15) is 13.2 Å². The largest absolute Gasteiger partial charge is 0.497 e. The molecule has 0 atom stereocenters. The molecule has 1 heterocycles. The zero-order valence-corrected chi connectivity index (χ0v) is 20.7. The molecule has 0 bridgehead atoms. The number of carbonyl (C=O) groups is 1. The number of ether oxygens (including phenoxy) is 1. The molecule has 0 saturated heterocycles. The third-order valence-corrected chi connectivity index (χ3v) is 7.74. The molecule has 2 aromatic carbocycles. The number of rotatable bonds is 12. The van der Waals surface area contributed by atoms with Gasteiger partial charge in [-0.25, -0.2) is 18.1 Å². The van der Waals surface area contributed by atoms with Crippen LogP contribution in [0.2, 0.25) is 0 Å². The SMILES string of the molecule is COc1cccc(S(=O)(=O)NCCCCCNc2nc(C)c(C(=O)c3ccccc3C)s2)c1. The lowest BCUT2D eigenvalue weighted by atomic mass is 10.0. The van der Waals surface area contributed by atoms with E-state index in [4.69, 9.17) is 4.74 Å². The van der Waals surface area contributed by atoms with Crippen molar-refractivity contribution in [2.45, 2.75) is 38.0 Å². The van der Waals surface area contributed by atoms with Crippen LogP contribution in [0.3, 0.4) is 0 Å². The maximum absolute atomic E-state index is 12.8. The van der Waals surface area contributed by atoms with Crippen LogP contribution < -0.4 is 14.8 Å². The summed E-state index contributed by atoms with van der Waals surface area (Å²) < 4.78 is 32.5. The van der Waals surface area contributed by atoms with Crippen LogP contribution >= 0.6 is 11.3 Å². The van der Waals surface area contributed by atoms with Crippen molar-refractivity contribution in [1.29, 1.82) is 0 Å². The smallest absolute Gasteiger partial charge is 0.240 e. The Morgan fingerprint density at radius 3 is 2.55 bits per heavy atom. The van der Waals surface area contributed by atoms with Gasteiger partial charge in [-0.1, -0.05) is 48.1 Å². The molecule has 33 heavy (non-hydrogen) atoms. The molecule has 0 fully saturated rings. The summed E-state index contributed by atoms with van der Waals surface area (Å²) in [4.78, 5) is 18.2. The first-order valence-electron chi connectivity index (χ1n) is 10.8. The second-order valence-electron chi connectivity index (χ2n) is 7.64. The van der Waals surface area contributed by atoms with Gasteiger partial charge in [0, 0.05) is 24.7 Å². The van der Waals surface area contributed by atoms with Gasteiger partial charge in [-0.2, -0.15) is 0 Å². The Bertz CT molecular complexity index is 1210. The summed E-state index contributed by atoms with van der Waals surface area (Å²) in [5.74, 6) is 0.504. The zero-order valence-electron chi connectivity index (χ0n) is 19.1. The molecule has 0 spiro atoms. The van der Waals surface area contributed by atoms with Crippen molar-refractivity contribution in [2.75, 3.05) is 25.5 Å². The van der Waals surface area contributed by atoms with Crippen LogP contribution in [0.1, 0.15) is 45.8 Å². The topological polar surface area (TPSA) is 97.4 Å². The Labute approximate surface area is 199 Å². The fourth-order valence-corrected chi connectivity index (χ4v) is 5.37. The minimum absolute atomic E-state index is 0.000491. The van der Waals surface area contributed by atoms with E-state index in [2.05, 4.69) is 15.0 Å². The molecule has 176 valence electrons. The number of aromatic nitrogens is 1. The van der Waals surface area contributed by atoms with Crippen molar-refractivity contribution < 1.29 is 17.9 Å². The highest BCUT2D eigenvalue weighted by Crippen LogP contribution is 2.26. The number of unbranched alkanes of at least 4 members (excludes halogenated alkanes) is 2. The molecule has 2 N–H and O–H groups in total. The molecule has 9 heteroatoms. The summed E-state index contributed by atoms with van der Waals surface area (Å²) in [7, 11) is -2.05. The van der Waals surface area contributed by atoms with Crippen molar-refractivity contribution in [2.24, 2.45) is 0 Å². The number of carbonyl (C=O) groups excluding carboxylic acids is 1. The Balaban J connectivity index is 1.41. The fourth-order valence-electron chi connectivity index (χ4n) is 3.31. The van der Waals surface area contributed by atoms with Crippen molar-refractivity contribution in [3.8, 4) is 5.75 Å². The number of nitrogens with zero attached hydrogens (tertiary/aromatic N) is 1. The van der Waals surface area contributed by atoms with Gasteiger partial charge in [-0.05, 0) is 44.4 Å². The molecule has 0 aliphatic rings. The normalized spacial score (nSPS) is 11.4. The molecule has 3 aromatic rings. The number of hydrogen-bond acceptors (Lipinski definition) is 7. The Kier molecular flexibility index (Phi) is 8.60. The zero-order chi connectivity index (χ0) is 23.8. The number of anilines is 1. The number of thiazole rings is 1. The number of aryl methyl sites for hydroxylation is 2. The summed E-state index contributed by atoms with van der Waals surface area (Å²) >= 11 is 1.37. The van der Waals surface area contributed by atoms with Gasteiger partial charge in [0.25, 0.3) is 0 Å². The molecular weight excluding hydrogens is 458 g/mol. The number of sulfonamides is 1. The summed E-state index contributed by atoms with van der Waals surface area (Å²) in [6.07, 6.45) is 2.44. The quantitative estimate of drug-likeness (QED) is 0.287. The molecule has 3 rings (SSSR count). The first-order chi connectivity index (χ1) is 15.8. The third-order valence-electron chi connectivity index (χ3n) is 5.17. The lowest BCUT2D eigenvalue weighted by Gasteiger charge is -2.08. The van der Waals surface area contributed by atoms with Crippen LogP contribution in [-0.2, 0) is 10.0 Å². The molecule has 7 nitrogen and oxygen atoms in total. The highest BCUT2D eigenvalue weighted by atomic mass is 32.2. The van der Waals surface area contributed by atoms with E-state index in [1.54, 1.807) is 18.2 Å². The van der Waals surface area contributed by atoms with Crippen molar-refractivity contribution >= 4 is 32.3 Å². The first-order valence-corrected chi connectivity index (χ1v) is 13.1. The van der Waals surface area contributed by atoms with E-state index in [0.717, 1.165) is 35.7 Å². The lowest BCUT2D eigenvalue weighted by Crippen LogP contribution is -2.24. The molecular formula is C24H29N3O4S2. The highest BCUT2D eigenvalue weighted by Gasteiger charge is 2.18. The van der Waals surface area contributed by atoms with E-state index < -0.39 is 10.0 Å². The minimum Gasteiger partial charge on any atom is -0.497 e. The fraction of sp³-hybridized carbons (Fsp3) is 0.333. The lowest BCUT2D eigenvalue weighted by molar-refractivity contribution is 0.104. The van der Waals surface area contributed by atoms with Crippen LogP contribution in [0.5, 0.6) is 5.75 Å². The first kappa shape index (κ1) is 24.9. The monoisotopic (exact) mass is 487 g/mol. The second kappa shape index (κ2) is 11.4. The Hall–Kier alpha value is -2.75. The maximum atomic E-state index is 12.8. The third kappa shape index (κ3) is 6.63. The van der Waals surface area contributed by atoms with E-state index >= 15 is 0 Å². The predicted molar refractivity (Wildman–Crippen MR) is 132 cm³/mol. The number of methoxy groups -OCH3 is 1. The van der Waals surface area contributed by atoms with E-state index in [-0.39, 0.29) is 10.7 Å². The average Bonchev–Trinajstić information content (AvgIpc) is 3.18. The number of benzene rings is 2. The summed E-state index contributed by atoms with van der Waals surface area (Å²) in [6.45, 7) is 4.85. The van der Waals surface area contributed by atoms with Crippen LogP contribution in [0.25, 0.3) is 0 Å². The molecule has 0 aliphatic heterocycles. The summed E-state index contributed by atoms with van der Waals surface area (Å²) in [5.41, 5.74) is 2.38. The van der Waals surface area contributed by atoms with Gasteiger partial charge in [0.15, 0.2) is 5.13 Å². The van der Waals surface area contributed by atoms with Gasteiger partial charge < -0.3 is 10.1 Å². The van der Waals surface area contributed by atoms with Crippen LogP contribution in [0.15, 0.2) is 53.4 Å². The van der Waals surface area contributed by atoms with Crippen LogP contribution in [-0.4, -0.2) is 39.4 Å². The van der Waals surface area contributed by atoms with Gasteiger partial charge in [0.05, 0.1) is 22.6 Å². The van der Waals surface area contributed by atoms with Gasteiger partial charge in [0.1, 0.15) is 5.75 Å². The van der Waals surface area contributed by atoms with E-state index in [1.807, 2.05) is 38.1 Å². The summed E-state index contributed by atoms with van der Waals surface area (Å²) in [5, 5.41) is 4.00. The second-order valence-corrected chi connectivity index (χ2v) is 10.4. The molecule has 0 aliphatic carbocycles.